The second kappa shape index (κ2) is 17.2. The van der Waals surface area contributed by atoms with E-state index in [1.165, 1.54) is 125 Å². The number of aromatic nitrogens is 1. The van der Waals surface area contributed by atoms with Gasteiger partial charge in [-0.15, -0.1) is 0 Å². The molecule has 0 atom stereocenters. The molecule has 0 radical (unpaired) electrons. The number of aryl methyl sites for hydroxylation is 1. The third-order valence-corrected chi connectivity index (χ3v) is 16.5. The first-order valence-electron chi connectivity index (χ1n) is 26.4. The zero-order chi connectivity index (χ0) is 48.8. The summed E-state index contributed by atoms with van der Waals surface area (Å²) in [5, 5.41) is 2.60. The van der Waals surface area contributed by atoms with Crippen molar-refractivity contribution in [2.24, 2.45) is 0 Å². The summed E-state index contributed by atoms with van der Waals surface area (Å²) in [6.07, 6.45) is 4.75. The van der Waals surface area contributed by atoms with Crippen molar-refractivity contribution in [1.29, 1.82) is 0 Å². The highest BCUT2D eigenvalue weighted by atomic mass is 15.1. The van der Waals surface area contributed by atoms with Crippen LogP contribution in [-0.4, -0.2) is 11.4 Å². The van der Waals surface area contributed by atoms with Crippen LogP contribution >= 0.6 is 0 Å². The zero-order valence-corrected chi connectivity index (χ0v) is 41.8. The second-order valence-corrected chi connectivity index (χ2v) is 21.0. The number of rotatable bonds is 11. The van der Waals surface area contributed by atoms with E-state index in [0.717, 1.165) is 23.5 Å². The van der Waals surface area contributed by atoms with Gasteiger partial charge in [-0.05, 0) is 147 Å². The smallest absolute Gasteiger partial charge is 0.333 e. The maximum absolute atomic E-state index is 2.71. The van der Waals surface area contributed by atoms with E-state index < -0.39 is 0 Å². The fourth-order valence-electron chi connectivity index (χ4n) is 13.1. The molecule has 0 saturated carbocycles. The number of nitrogens with zero attached hydrogens (tertiary/aromatic N) is 3. The van der Waals surface area contributed by atoms with Crippen LogP contribution in [0.5, 0.6) is 0 Å². The predicted molar refractivity (Wildman–Crippen MR) is 309 cm³/mol. The van der Waals surface area contributed by atoms with Gasteiger partial charge in [-0.1, -0.05) is 191 Å². The summed E-state index contributed by atoms with van der Waals surface area (Å²) >= 11 is 0. The summed E-state index contributed by atoms with van der Waals surface area (Å²) in [6.45, 7) is 7.01. The molecule has 11 aromatic rings. The molecule has 14 rings (SSSR count). The summed E-state index contributed by atoms with van der Waals surface area (Å²) in [4.78, 5) is 5.12. The summed E-state index contributed by atoms with van der Waals surface area (Å²) in [5.41, 5.74) is 25.3. The largest absolute Gasteiger partial charge is 0.376 e. The van der Waals surface area contributed by atoms with Crippen LogP contribution in [-0.2, 0) is 11.8 Å². The molecule has 10 aromatic carbocycles. The second-order valence-electron chi connectivity index (χ2n) is 21.0. The van der Waals surface area contributed by atoms with Crippen LogP contribution in [0, 0.1) is 0 Å². The lowest BCUT2D eigenvalue weighted by Crippen LogP contribution is -2.60. The van der Waals surface area contributed by atoms with E-state index in [4.69, 9.17) is 0 Å². The maximum Gasteiger partial charge on any atom is 0.333 e. The SMILES string of the molecule is CCCCCc1ccc(N2B3c4cc5c(cc4-n4c6ccccc6c6c(C(c7ccccc7)c7ccccc7)cc(c3c64)-c3cc(N(c4ccccc4)c4ccccc4)ccc32)-c2ccccc2C5(C)C)cc1. The van der Waals surface area contributed by atoms with Crippen molar-refractivity contribution in [2.45, 2.75) is 57.8 Å². The highest BCUT2D eigenvalue weighted by molar-refractivity contribution is 6.93. The van der Waals surface area contributed by atoms with E-state index in [9.17, 15) is 0 Å². The molecule has 73 heavy (non-hydrogen) atoms. The minimum Gasteiger partial charge on any atom is -0.376 e. The molecule has 0 N–H and O–H groups in total. The monoisotopic (exact) mass is 937 g/mol. The molecular weight excluding hydrogens is 882 g/mol. The van der Waals surface area contributed by atoms with Gasteiger partial charge >= 0.3 is 6.85 Å². The molecule has 0 fully saturated rings. The average Bonchev–Trinajstić information content (AvgIpc) is 3.94. The number of hydrogen-bond donors (Lipinski definition) is 0. The van der Waals surface area contributed by atoms with Crippen molar-refractivity contribution >= 4 is 68.0 Å². The van der Waals surface area contributed by atoms with Crippen molar-refractivity contribution < 1.29 is 0 Å². The zero-order valence-electron chi connectivity index (χ0n) is 41.8. The lowest BCUT2D eigenvalue weighted by molar-refractivity contribution is 0.661. The van der Waals surface area contributed by atoms with Gasteiger partial charge in [-0.25, -0.2) is 0 Å². The van der Waals surface area contributed by atoms with Gasteiger partial charge in [0.15, 0.2) is 0 Å². The number of anilines is 5. The fourth-order valence-corrected chi connectivity index (χ4v) is 13.1. The quantitative estimate of drug-likeness (QED) is 0.0727. The Morgan fingerprint density at radius 2 is 1.14 bits per heavy atom. The van der Waals surface area contributed by atoms with Gasteiger partial charge in [-0.2, -0.15) is 0 Å². The Hall–Kier alpha value is -8.34. The topological polar surface area (TPSA) is 11.4 Å². The van der Waals surface area contributed by atoms with Crippen LogP contribution in [0.15, 0.2) is 231 Å². The van der Waals surface area contributed by atoms with Gasteiger partial charge in [0.25, 0.3) is 0 Å². The van der Waals surface area contributed by atoms with Crippen LogP contribution in [0.4, 0.5) is 28.4 Å². The van der Waals surface area contributed by atoms with E-state index in [2.05, 4.69) is 266 Å². The van der Waals surface area contributed by atoms with Crippen LogP contribution < -0.4 is 20.6 Å². The number of fused-ring (bicyclic) bond motifs is 11. The van der Waals surface area contributed by atoms with E-state index in [1.54, 1.807) is 0 Å². The molecule has 2 aliphatic heterocycles. The van der Waals surface area contributed by atoms with Crippen molar-refractivity contribution in [3.05, 3.63) is 264 Å². The first kappa shape index (κ1) is 43.5. The van der Waals surface area contributed by atoms with Crippen LogP contribution in [0.3, 0.4) is 0 Å². The molecule has 0 spiro atoms. The van der Waals surface area contributed by atoms with Gasteiger partial charge in [0.1, 0.15) is 0 Å². The Balaban J connectivity index is 1.13. The highest BCUT2D eigenvalue weighted by Crippen LogP contribution is 2.53. The van der Waals surface area contributed by atoms with Gasteiger partial charge < -0.3 is 14.3 Å². The molecule has 0 bridgehead atoms. The van der Waals surface area contributed by atoms with Crippen LogP contribution in [0.2, 0.25) is 0 Å². The van der Waals surface area contributed by atoms with Crippen molar-refractivity contribution in [1.82, 2.24) is 4.57 Å². The summed E-state index contributed by atoms with van der Waals surface area (Å²) < 4.78 is 2.67. The Labute approximate surface area is 429 Å². The maximum atomic E-state index is 2.71. The van der Waals surface area contributed by atoms with E-state index >= 15 is 0 Å². The summed E-state index contributed by atoms with van der Waals surface area (Å²) in [7, 11) is 0. The average molecular weight is 938 g/mol. The summed E-state index contributed by atoms with van der Waals surface area (Å²) in [5.74, 6) is -0.0328. The first-order chi connectivity index (χ1) is 36.0. The number of para-hydroxylation sites is 3. The molecule has 3 aliphatic rings. The normalized spacial score (nSPS) is 13.5. The molecule has 0 saturated heterocycles. The van der Waals surface area contributed by atoms with E-state index in [0.29, 0.717) is 0 Å². The molecule has 0 unspecified atom stereocenters. The van der Waals surface area contributed by atoms with Crippen LogP contribution in [0.1, 0.15) is 79.3 Å². The molecule has 4 heteroatoms. The van der Waals surface area contributed by atoms with Gasteiger partial charge in [0.05, 0.1) is 11.0 Å². The lowest BCUT2D eigenvalue weighted by Gasteiger charge is -2.43. The Morgan fingerprint density at radius 1 is 0.507 bits per heavy atom. The fraction of sp³-hybridized carbons (Fsp3) is 0.130. The van der Waals surface area contributed by atoms with Gasteiger partial charge in [0.2, 0.25) is 0 Å². The third kappa shape index (κ3) is 6.73. The van der Waals surface area contributed by atoms with Gasteiger partial charge in [0, 0.05) is 61.8 Å². The van der Waals surface area contributed by atoms with Crippen molar-refractivity contribution in [2.75, 3.05) is 9.71 Å². The Bertz CT molecular complexity index is 3820. The predicted octanol–water partition coefficient (Wildman–Crippen LogP) is 16.7. The number of unbranched alkanes of at least 4 members (excludes halogenated alkanes) is 2. The molecule has 0 amide bonds. The molecular formula is C69H56BN3. The highest BCUT2D eigenvalue weighted by Gasteiger charge is 2.47. The van der Waals surface area contributed by atoms with E-state index in [1.807, 2.05) is 0 Å². The Morgan fingerprint density at radius 3 is 1.82 bits per heavy atom. The Kier molecular flexibility index (Phi) is 10.2. The van der Waals surface area contributed by atoms with E-state index in [-0.39, 0.29) is 18.2 Å². The standard InChI is InChI=1S/C69H56BN3/c1-4-5-10-23-46-36-38-51(39-37-46)73-63-41-40-52(71(49-28-15-8-16-29-49)50-30-17-9-18-31-50)42-56(63)57-43-58(65(47-24-11-6-12-25-47)48-26-13-7-14-27-48)66-54-33-20-22-35-62(54)72-64-44-55-53-32-19-21-34-59(53)69(2,3)60(55)45-61(64)70(73)67(57)68(66)72/h6-9,11-22,24-45,65H,4-5,10,23H2,1-3H3. The molecule has 3 nitrogen and oxygen atoms in total. The molecule has 1 aliphatic carbocycles. The molecule has 3 heterocycles. The van der Waals surface area contributed by atoms with Gasteiger partial charge in [-0.3, -0.25) is 0 Å². The summed E-state index contributed by atoms with van der Waals surface area (Å²) in [6, 6.07) is 87.1. The van der Waals surface area contributed by atoms with Crippen LogP contribution in [0.25, 0.3) is 49.7 Å². The minimum absolute atomic E-state index is 0.0328. The minimum atomic E-state index is -0.175. The van der Waals surface area contributed by atoms with Crippen molar-refractivity contribution in [3.8, 4) is 27.9 Å². The number of benzene rings is 10. The molecule has 1 aromatic heterocycles. The van der Waals surface area contributed by atoms with Crippen molar-refractivity contribution in [3.63, 3.8) is 0 Å². The number of hydrogen-bond acceptors (Lipinski definition) is 2. The first-order valence-corrected chi connectivity index (χ1v) is 26.4. The third-order valence-electron chi connectivity index (χ3n) is 16.5. The lowest BCUT2D eigenvalue weighted by atomic mass is 9.43. The molecule has 350 valence electrons.